The van der Waals surface area contributed by atoms with Crippen LogP contribution in [0.25, 0.3) is 66.3 Å². The minimum atomic E-state index is -0.0494. The summed E-state index contributed by atoms with van der Waals surface area (Å²) in [7, 11) is 0. The van der Waals surface area contributed by atoms with Gasteiger partial charge in [-0.2, -0.15) is 0 Å². The SMILES string of the molecule is C1=C(c2ccccc2)N=C(c2cc(-c3ccc4oc5ccccc5c4c3)c3c4ccccc4n(-c4ccccc4)c3c2)NC1c1ccccc1. The first kappa shape index (κ1) is 28.4. The highest BCUT2D eigenvalue weighted by Gasteiger charge is 2.24. The van der Waals surface area contributed by atoms with E-state index in [2.05, 4.69) is 168 Å². The molecule has 4 nitrogen and oxygen atoms in total. The van der Waals surface area contributed by atoms with Crippen LogP contribution in [0.4, 0.5) is 0 Å². The van der Waals surface area contributed by atoms with Crippen molar-refractivity contribution in [1.29, 1.82) is 0 Å². The molecule has 0 bridgehead atoms. The monoisotopic (exact) mass is 641 g/mol. The van der Waals surface area contributed by atoms with E-state index in [0.29, 0.717) is 0 Å². The zero-order chi connectivity index (χ0) is 33.0. The molecule has 10 rings (SSSR count). The fourth-order valence-corrected chi connectivity index (χ4v) is 7.50. The summed E-state index contributed by atoms with van der Waals surface area (Å²) in [5, 5.41) is 8.45. The molecule has 0 fully saturated rings. The van der Waals surface area contributed by atoms with Crippen LogP contribution in [0.1, 0.15) is 22.7 Å². The van der Waals surface area contributed by atoms with Crippen LogP contribution in [0.15, 0.2) is 185 Å². The molecule has 0 spiro atoms. The van der Waals surface area contributed by atoms with Crippen LogP contribution in [-0.4, -0.2) is 10.4 Å². The Kier molecular flexibility index (Phi) is 6.53. The molecule has 0 saturated heterocycles. The molecule has 7 aromatic carbocycles. The van der Waals surface area contributed by atoms with Crippen molar-refractivity contribution in [2.45, 2.75) is 6.04 Å². The highest BCUT2D eigenvalue weighted by molar-refractivity contribution is 6.19. The summed E-state index contributed by atoms with van der Waals surface area (Å²) in [4.78, 5) is 5.32. The van der Waals surface area contributed by atoms with E-state index in [1.807, 2.05) is 18.2 Å². The number of nitrogens with one attached hydrogen (secondary N) is 1. The second kappa shape index (κ2) is 11.5. The average molecular weight is 642 g/mol. The first-order valence-electron chi connectivity index (χ1n) is 17.0. The predicted molar refractivity (Wildman–Crippen MR) is 207 cm³/mol. The van der Waals surface area contributed by atoms with Gasteiger partial charge in [-0.25, -0.2) is 4.99 Å². The summed E-state index contributed by atoms with van der Waals surface area (Å²) < 4.78 is 8.63. The van der Waals surface area contributed by atoms with Crippen molar-refractivity contribution in [2.75, 3.05) is 0 Å². The summed E-state index contributed by atoms with van der Waals surface area (Å²) >= 11 is 0. The number of para-hydroxylation sites is 3. The first-order valence-corrected chi connectivity index (χ1v) is 17.0. The fraction of sp³-hybridized carbons (Fsp3) is 0.0217. The van der Waals surface area contributed by atoms with Gasteiger partial charge in [0.2, 0.25) is 0 Å². The maximum atomic E-state index is 6.25. The summed E-state index contributed by atoms with van der Waals surface area (Å²) in [6.07, 6.45) is 2.23. The number of benzene rings is 7. The Balaban J connectivity index is 1.27. The molecule has 236 valence electrons. The zero-order valence-corrected chi connectivity index (χ0v) is 27.1. The van der Waals surface area contributed by atoms with Crippen LogP contribution in [0.2, 0.25) is 0 Å². The van der Waals surface area contributed by atoms with E-state index >= 15 is 0 Å². The molecular weight excluding hydrogens is 611 g/mol. The predicted octanol–water partition coefficient (Wildman–Crippen LogP) is 11.5. The van der Waals surface area contributed by atoms with Gasteiger partial charge in [0.05, 0.1) is 22.8 Å². The molecule has 1 N–H and O–H groups in total. The Hall–Kier alpha value is -6.65. The summed E-state index contributed by atoms with van der Waals surface area (Å²) in [6.45, 7) is 0. The lowest BCUT2D eigenvalue weighted by Gasteiger charge is -2.25. The lowest BCUT2D eigenvalue weighted by Crippen LogP contribution is -2.31. The van der Waals surface area contributed by atoms with E-state index < -0.39 is 0 Å². The maximum absolute atomic E-state index is 6.25. The molecule has 1 atom stereocenters. The number of aliphatic imine (C=N–C) groups is 1. The second-order valence-corrected chi connectivity index (χ2v) is 12.8. The van der Waals surface area contributed by atoms with Crippen molar-refractivity contribution in [3.05, 3.63) is 193 Å². The van der Waals surface area contributed by atoms with Crippen molar-refractivity contribution in [2.24, 2.45) is 4.99 Å². The van der Waals surface area contributed by atoms with Crippen molar-refractivity contribution in [3.63, 3.8) is 0 Å². The summed E-state index contributed by atoms with van der Waals surface area (Å²) in [5.41, 5.74) is 11.7. The zero-order valence-electron chi connectivity index (χ0n) is 27.1. The van der Waals surface area contributed by atoms with E-state index in [1.165, 1.54) is 16.3 Å². The number of hydrogen-bond acceptors (Lipinski definition) is 3. The number of nitrogens with zero attached hydrogens (tertiary/aromatic N) is 2. The van der Waals surface area contributed by atoms with E-state index in [1.54, 1.807) is 0 Å². The van der Waals surface area contributed by atoms with E-state index in [9.17, 15) is 0 Å². The van der Waals surface area contributed by atoms with Gasteiger partial charge in [-0.3, -0.25) is 0 Å². The second-order valence-electron chi connectivity index (χ2n) is 12.8. The Morgan fingerprint density at radius 3 is 2.02 bits per heavy atom. The van der Waals surface area contributed by atoms with E-state index in [4.69, 9.17) is 9.41 Å². The third-order valence-electron chi connectivity index (χ3n) is 9.83. The van der Waals surface area contributed by atoms with Gasteiger partial charge >= 0.3 is 0 Å². The van der Waals surface area contributed by atoms with Crippen molar-refractivity contribution in [3.8, 4) is 16.8 Å². The smallest absolute Gasteiger partial charge is 0.135 e. The molecule has 3 heterocycles. The molecule has 4 heteroatoms. The molecule has 0 saturated carbocycles. The highest BCUT2D eigenvalue weighted by Crippen LogP contribution is 2.42. The van der Waals surface area contributed by atoms with Gasteiger partial charge in [0.25, 0.3) is 0 Å². The Morgan fingerprint density at radius 1 is 0.520 bits per heavy atom. The standard InChI is InChI=1S/C46H31N3O/c1-4-14-30(15-5-1)39-29-40(31-16-6-2-7-17-31)48-46(47-39)33-27-37(32-24-25-44-38(26-32)35-20-11-13-23-43(35)50-44)45-36-21-10-12-22-41(36)49(42(45)28-33)34-18-8-3-9-19-34/h1-29,39H,(H,47,48). The molecule has 1 unspecified atom stereocenters. The molecule has 9 aromatic rings. The number of fused-ring (bicyclic) bond motifs is 6. The van der Waals surface area contributed by atoms with E-state index in [0.717, 1.165) is 72.4 Å². The molecule has 0 amide bonds. The molecule has 1 aliphatic rings. The summed E-state index contributed by atoms with van der Waals surface area (Å²) in [6, 6.07) is 59.8. The number of amidine groups is 1. The van der Waals surface area contributed by atoms with Crippen LogP contribution >= 0.6 is 0 Å². The molecule has 50 heavy (non-hydrogen) atoms. The largest absolute Gasteiger partial charge is 0.456 e. The summed E-state index contributed by atoms with van der Waals surface area (Å²) in [5.74, 6) is 0.836. The third-order valence-corrected chi connectivity index (χ3v) is 9.83. The van der Waals surface area contributed by atoms with Gasteiger partial charge in [0.15, 0.2) is 0 Å². The Labute approximate surface area is 289 Å². The minimum absolute atomic E-state index is 0.0494. The minimum Gasteiger partial charge on any atom is -0.456 e. The van der Waals surface area contributed by atoms with Gasteiger partial charge in [-0.05, 0) is 76.9 Å². The van der Waals surface area contributed by atoms with Gasteiger partial charge in [0, 0.05) is 32.8 Å². The van der Waals surface area contributed by atoms with Crippen LogP contribution in [0, 0.1) is 0 Å². The van der Waals surface area contributed by atoms with Crippen LogP contribution in [0.3, 0.4) is 0 Å². The molecule has 0 radical (unpaired) electrons. The van der Waals surface area contributed by atoms with Crippen molar-refractivity contribution in [1.82, 2.24) is 9.88 Å². The van der Waals surface area contributed by atoms with Crippen LogP contribution < -0.4 is 5.32 Å². The fourth-order valence-electron chi connectivity index (χ4n) is 7.50. The average Bonchev–Trinajstić information content (AvgIpc) is 3.74. The molecular formula is C46H31N3O. The number of rotatable bonds is 5. The van der Waals surface area contributed by atoms with E-state index in [-0.39, 0.29) is 6.04 Å². The topological polar surface area (TPSA) is 42.5 Å². The van der Waals surface area contributed by atoms with Crippen LogP contribution in [-0.2, 0) is 0 Å². The van der Waals surface area contributed by atoms with Crippen LogP contribution in [0.5, 0.6) is 0 Å². The lowest BCUT2D eigenvalue weighted by molar-refractivity contribution is 0.669. The van der Waals surface area contributed by atoms with Gasteiger partial charge < -0.3 is 14.3 Å². The molecule has 2 aromatic heterocycles. The highest BCUT2D eigenvalue weighted by atomic mass is 16.3. The Bertz CT molecular complexity index is 2770. The number of hydrogen-bond donors (Lipinski definition) is 1. The lowest BCUT2D eigenvalue weighted by atomic mass is 9.94. The van der Waals surface area contributed by atoms with Gasteiger partial charge in [0.1, 0.15) is 17.0 Å². The third kappa shape index (κ3) is 4.65. The number of aromatic nitrogens is 1. The number of furan rings is 1. The van der Waals surface area contributed by atoms with Crippen molar-refractivity contribution >= 4 is 55.3 Å². The van der Waals surface area contributed by atoms with Gasteiger partial charge in [-0.1, -0.05) is 121 Å². The Morgan fingerprint density at radius 2 is 1.20 bits per heavy atom. The normalized spacial score (nSPS) is 14.6. The quantitative estimate of drug-likeness (QED) is 0.203. The molecule has 0 aliphatic carbocycles. The van der Waals surface area contributed by atoms with Crippen molar-refractivity contribution < 1.29 is 4.42 Å². The molecule has 1 aliphatic heterocycles. The van der Waals surface area contributed by atoms with Gasteiger partial charge in [-0.15, -0.1) is 0 Å². The maximum Gasteiger partial charge on any atom is 0.135 e. The first-order chi connectivity index (χ1) is 24.8.